The first-order valence-corrected chi connectivity index (χ1v) is 5.83. The molecule has 0 atom stereocenters. The Morgan fingerprint density at radius 2 is 1.90 bits per heavy atom. The first-order valence-electron chi connectivity index (χ1n) is 5.83. The Balaban J connectivity index is 2.47. The molecule has 1 aromatic rings. The van der Waals surface area contributed by atoms with Crippen LogP contribution in [0.3, 0.4) is 0 Å². The van der Waals surface area contributed by atoms with Gasteiger partial charge in [-0.05, 0) is 6.07 Å². The maximum absolute atomic E-state index is 11.7. The Morgan fingerprint density at radius 1 is 1.30 bits per heavy atom. The molecule has 110 valence electrons. The predicted octanol–water partition coefficient (Wildman–Crippen LogP) is -0.857. The highest BCUT2D eigenvalue weighted by Gasteiger charge is 2.19. The SMILES string of the molecule is Cn1nccc1CCNC(=O)N(CC(=O)O)CC(=O)O. The number of carboxylic acid groups (broad SMARTS) is 2. The Kier molecular flexibility index (Phi) is 5.51. The molecule has 9 nitrogen and oxygen atoms in total. The summed E-state index contributed by atoms with van der Waals surface area (Å²) in [5, 5.41) is 23.7. The van der Waals surface area contributed by atoms with E-state index >= 15 is 0 Å². The molecule has 0 fully saturated rings. The van der Waals surface area contributed by atoms with Crippen molar-refractivity contribution in [1.29, 1.82) is 0 Å². The van der Waals surface area contributed by atoms with Gasteiger partial charge in [-0.15, -0.1) is 0 Å². The monoisotopic (exact) mass is 284 g/mol. The number of amides is 2. The van der Waals surface area contributed by atoms with E-state index in [1.54, 1.807) is 24.0 Å². The molecule has 0 spiro atoms. The van der Waals surface area contributed by atoms with Crippen LogP contribution in [0.4, 0.5) is 4.79 Å². The lowest BCUT2D eigenvalue weighted by Gasteiger charge is -2.19. The van der Waals surface area contributed by atoms with Gasteiger partial charge in [0.05, 0.1) is 0 Å². The molecule has 1 heterocycles. The zero-order valence-corrected chi connectivity index (χ0v) is 10.9. The highest BCUT2D eigenvalue weighted by Crippen LogP contribution is 1.97. The third kappa shape index (κ3) is 4.96. The van der Waals surface area contributed by atoms with E-state index in [9.17, 15) is 14.4 Å². The minimum absolute atomic E-state index is 0.258. The maximum atomic E-state index is 11.7. The first-order chi connectivity index (χ1) is 9.40. The number of nitrogens with zero attached hydrogens (tertiary/aromatic N) is 3. The average Bonchev–Trinajstić information content (AvgIpc) is 2.73. The molecule has 3 N–H and O–H groups in total. The summed E-state index contributed by atoms with van der Waals surface area (Å²) < 4.78 is 1.65. The quantitative estimate of drug-likeness (QED) is 0.598. The largest absolute Gasteiger partial charge is 0.480 e. The summed E-state index contributed by atoms with van der Waals surface area (Å²) in [4.78, 5) is 33.6. The van der Waals surface area contributed by atoms with Gasteiger partial charge in [0.1, 0.15) is 13.1 Å². The average molecular weight is 284 g/mol. The highest BCUT2D eigenvalue weighted by atomic mass is 16.4. The number of hydrogen-bond donors (Lipinski definition) is 3. The van der Waals surface area contributed by atoms with E-state index in [0.717, 1.165) is 5.69 Å². The summed E-state index contributed by atoms with van der Waals surface area (Å²) in [5.74, 6) is -2.54. The number of carboxylic acids is 2. The number of hydrogen-bond acceptors (Lipinski definition) is 4. The lowest BCUT2D eigenvalue weighted by atomic mass is 10.3. The Morgan fingerprint density at radius 3 is 2.35 bits per heavy atom. The van der Waals surface area contributed by atoms with Crippen molar-refractivity contribution in [2.24, 2.45) is 7.05 Å². The number of aliphatic carboxylic acids is 2. The standard InChI is InChI=1S/C11H16N4O5/c1-14-8(3-5-13-14)2-4-12-11(20)15(6-9(16)17)7-10(18)19/h3,5H,2,4,6-7H2,1H3,(H,12,20)(H,16,17)(H,18,19). The lowest BCUT2D eigenvalue weighted by Crippen LogP contribution is -2.45. The van der Waals surface area contributed by atoms with Gasteiger partial charge in [0.25, 0.3) is 0 Å². The van der Waals surface area contributed by atoms with E-state index in [-0.39, 0.29) is 6.54 Å². The second-order valence-corrected chi connectivity index (χ2v) is 4.07. The third-order valence-corrected chi connectivity index (χ3v) is 2.52. The molecular formula is C11H16N4O5. The first kappa shape index (κ1) is 15.5. The molecule has 0 radical (unpaired) electrons. The van der Waals surface area contributed by atoms with E-state index in [1.807, 2.05) is 0 Å². The molecule has 9 heteroatoms. The van der Waals surface area contributed by atoms with Crippen LogP contribution in [-0.2, 0) is 23.1 Å². The fourth-order valence-electron chi connectivity index (χ4n) is 1.58. The molecule has 20 heavy (non-hydrogen) atoms. The zero-order valence-electron chi connectivity index (χ0n) is 10.9. The van der Waals surface area contributed by atoms with Gasteiger partial charge in [-0.1, -0.05) is 0 Å². The van der Waals surface area contributed by atoms with Crippen molar-refractivity contribution < 1.29 is 24.6 Å². The van der Waals surface area contributed by atoms with Gasteiger partial charge < -0.3 is 20.4 Å². The van der Waals surface area contributed by atoms with Crippen LogP contribution in [0.25, 0.3) is 0 Å². The van der Waals surface area contributed by atoms with Gasteiger partial charge in [0.15, 0.2) is 0 Å². The molecule has 0 aliphatic rings. The summed E-state index contributed by atoms with van der Waals surface area (Å²) in [7, 11) is 1.76. The number of rotatable bonds is 7. The van der Waals surface area contributed by atoms with Crippen molar-refractivity contribution in [3.63, 3.8) is 0 Å². The minimum atomic E-state index is -1.27. The normalized spacial score (nSPS) is 10.1. The van der Waals surface area contributed by atoms with Gasteiger partial charge in [-0.3, -0.25) is 14.3 Å². The predicted molar refractivity (Wildman–Crippen MR) is 67.2 cm³/mol. The fraction of sp³-hybridized carbons (Fsp3) is 0.455. The van der Waals surface area contributed by atoms with Crippen molar-refractivity contribution in [3.05, 3.63) is 18.0 Å². The van der Waals surface area contributed by atoms with E-state index < -0.39 is 31.1 Å². The Hall–Kier alpha value is -2.58. The molecule has 0 aliphatic heterocycles. The van der Waals surface area contributed by atoms with Gasteiger partial charge in [-0.25, -0.2) is 4.79 Å². The van der Waals surface area contributed by atoms with E-state index in [0.29, 0.717) is 11.3 Å². The van der Waals surface area contributed by atoms with Gasteiger partial charge in [0.2, 0.25) is 0 Å². The van der Waals surface area contributed by atoms with Crippen molar-refractivity contribution >= 4 is 18.0 Å². The van der Waals surface area contributed by atoms with Crippen LogP contribution >= 0.6 is 0 Å². The zero-order chi connectivity index (χ0) is 15.1. The third-order valence-electron chi connectivity index (χ3n) is 2.52. The van der Waals surface area contributed by atoms with Crippen LogP contribution in [0.1, 0.15) is 5.69 Å². The molecule has 0 bridgehead atoms. The summed E-state index contributed by atoms with van der Waals surface area (Å²) in [6.45, 7) is -1.07. The molecule has 0 unspecified atom stereocenters. The lowest BCUT2D eigenvalue weighted by molar-refractivity contribution is -0.140. The molecule has 1 rings (SSSR count). The van der Waals surface area contributed by atoms with Crippen LogP contribution in [0.15, 0.2) is 12.3 Å². The molecule has 2 amide bonds. The maximum Gasteiger partial charge on any atom is 0.323 e. The van der Waals surface area contributed by atoms with Crippen molar-refractivity contribution in [1.82, 2.24) is 20.0 Å². The number of carbonyl (C=O) groups is 3. The summed E-state index contributed by atoms with van der Waals surface area (Å²) in [6, 6.07) is 1.07. The number of carbonyl (C=O) groups excluding carboxylic acids is 1. The van der Waals surface area contributed by atoms with Gasteiger partial charge >= 0.3 is 18.0 Å². The van der Waals surface area contributed by atoms with Crippen molar-refractivity contribution in [2.75, 3.05) is 19.6 Å². The number of aryl methyl sites for hydroxylation is 1. The van der Waals surface area contributed by atoms with Crippen LogP contribution in [-0.4, -0.2) is 62.5 Å². The Labute approximate surface area is 114 Å². The highest BCUT2D eigenvalue weighted by molar-refractivity contribution is 5.84. The smallest absolute Gasteiger partial charge is 0.323 e. The summed E-state index contributed by atoms with van der Waals surface area (Å²) >= 11 is 0. The van der Waals surface area contributed by atoms with E-state index in [2.05, 4.69) is 10.4 Å². The summed E-state index contributed by atoms with van der Waals surface area (Å²) in [6.07, 6.45) is 2.13. The van der Waals surface area contributed by atoms with Crippen LogP contribution < -0.4 is 5.32 Å². The molecule has 0 aromatic carbocycles. The fourth-order valence-corrected chi connectivity index (χ4v) is 1.58. The van der Waals surface area contributed by atoms with E-state index in [1.165, 1.54) is 0 Å². The topological polar surface area (TPSA) is 125 Å². The Bertz CT molecular complexity index is 483. The second-order valence-electron chi connectivity index (χ2n) is 4.07. The van der Waals surface area contributed by atoms with Crippen LogP contribution in [0.5, 0.6) is 0 Å². The van der Waals surface area contributed by atoms with Crippen LogP contribution in [0, 0.1) is 0 Å². The number of nitrogens with one attached hydrogen (secondary N) is 1. The van der Waals surface area contributed by atoms with E-state index in [4.69, 9.17) is 10.2 Å². The number of urea groups is 1. The molecule has 0 aliphatic carbocycles. The van der Waals surface area contributed by atoms with Crippen molar-refractivity contribution in [3.8, 4) is 0 Å². The second kappa shape index (κ2) is 7.12. The minimum Gasteiger partial charge on any atom is -0.480 e. The molecule has 0 saturated heterocycles. The summed E-state index contributed by atoms with van der Waals surface area (Å²) in [5.41, 5.74) is 0.897. The van der Waals surface area contributed by atoms with Gasteiger partial charge in [0, 0.05) is 31.9 Å². The number of aromatic nitrogens is 2. The molecule has 0 saturated carbocycles. The van der Waals surface area contributed by atoms with Crippen LogP contribution in [0.2, 0.25) is 0 Å². The molecular weight excluding hydrogens is 268 g/mol. The van der Waals surface area contributed by atoms with Gasteiger partial charge in [-0.2, -0.15) is 5.10 Å². The molecule has 1 aromatic heterocycles. The van der Waals surface area contributed by atoms with Crippen molar-refractivity contribution in [2.45, 2.75) is 6.42 Å².